The fraction of sp³-hybridized carbons (Fsp3) is 0.511. The molecule has 1 aliphatic heterocycles. The SMILES string of the molecule is CC=C(C)C(=O)O[C@@H](c1ccccc1)[C@@H](O)C(=O)O[C@@H]1C[C@@]2(O)[C@H](OC(=O)c3ccccc3)[C@H]3[C@@]4(OC(C)=O)CO[C@@H]4C[C@H](O)[C@@]3(C)C(=O)[C@H](OC(C)=O)C(=C1C)C2(C)C. The molecule has 3 aliphatic carbocycles. The van der Waals surface area contributed by atoms with E-state index in [9.17, 15) is 39.3 Å². The van der Waals surface area contributed by atoms with Gasteiger partial charge in [-0.1, -0.05) is 68.5 Å². The lowest BCUT2D eigenvalue weighted by molar-refractivity contribution is -0.346. The van der Waals surface area contributed by atoms with Crippen LogP contribution in [0.2, 0.25) is 0 Å². The van der Waals surface area contributed by atoms with Crippen molar-refractivity contribution in [3.63, 3.8) is 0 Å². The molecule has 3 N–H and O–H groups in total. The largest absolute Gasteiger partial charge is 0.456 e. The average Bonchev–Trinajstić information content (AvgIpc) is 3.20. The maximum Gasteiger partial charge on any atom is 0.339 e. The van der Waals surface area contributed by atoms with Crippen molar-refractivity contribution in [1.82, 2.24) is 0 Å². The van der Waals surface area contributed by atoms with E-state index in [1.165, 1.54) is 39.0 Å². The molecule has 2 bridgehead atoms. The predicted octanol–water partition coefficient (Wildman–Crippen LogP) is 3.82. The van der Waals surface area contributed by atoms with Crippen LogP contribution >= 0.6 is 0 Å². The van der Waals surface area contributed by atoms with Crippen LogP contribution < -0.4 is 0 Å². The molecule has 0 radical (unpaired) electrons. The number of hydrogen-bond donors (Lipinski definition) is 3. The molecule has 3 fully saturated rings. The molecular weight excluding hydrogens is 780 g/mol. The first kappa shape index (κ1) is 44.3. The zero-order valence-electron chi connectivity index (χ0n) is 34.8. The van der Waals surface area contributed by atoms with Gasteiger partial charge in [-0.25, -0.2) is 14.4 Å². The predicted molar refractivity (Wildman–Crippen MR) is 209 cm³/mol. The third-order valence-corrected chi connectivity index (χ3v) is 13.1. The Kier molecular flexibility index (Phi) is 12.1. The first-order valence-corrected chi connectivity index (χ1v) is 19.8. The number of ether oxygens (including phenoxy) is 6. The highest BCUT2D eigenvalue weighted by molar-refractivity contribution is 5.95. The molecule has 2 saturated carbocycles. The van der Waals surface area contributed by atoms with Crippen LogP contribution in [0.15, 0.2) is 83.5 Å². The maximum absolute atomic E-state index is 15.4. The van der Waals surface area contributed by atoms with Gasteiger partial charge < -0.3 is 43.7 Å². The minimum absolute atomic E-state index is 0.0142. The molecule has 4 aliphatic rings. The van der Waals surface area contributed by atoms with Crippen molar-refractivity contribution >= 4 is 35.6 Å². The van der Waals surface area contributed by atoms with Gasteiger partial charge in [-0.2, -0.15) is 0 Å². The van der Waals surface area contributed by atoms with Gasteiger partial charge >= 0.3 is 29.8 Å². The fourth-order valence-electron chi connectivity index (χ4n) is 9.63. The van der Waals surface area contributed by atoms with E-state index in [4.69, 9.17) is 28.4 Å². The molecule has 11 atom stereocenters. The van der Waals surface area contributed by atoms with Crippen molar-refractivity contribution in [3.05, 3.63) is 94.6 Å². The van der Waals surface area contributed by atoms with Crippen LogP contribution in [0.25, 0.3) is 0 Å². The molecule has 15 nitrogen and oxygen atoms in total. The van der Waals surface area contributed by atoms with Crippen molar-refractivity contribution in [3.8, 4) is 0 Å². The van der Waals surface area contributed by atoms with E-state index in [1.807, 2.05) is 0 Å². The van der Waals surface area contributed by atoms with E-state index in [2.05, 4.69) is 0 Å². The summed E-state index contributed by atoms with van der Waals surface area (Å²) in [6, 6.07) is 15.8. The molecule has 2 aromatic rings. The van der Waals surface area contributed by atoms with Crippen LogP contribution in [-0.2, 0) is 52.4 Å². The Morgan fingerprint density at radius 2 is 1.52 bits per heavy atom. The van der Waals surface area contributed by atoms with Crippen molar-refractivity contribution in [2.24, 2.45) is 16.7 Å². The zero-order chi connectivity index (χ0) is 44.1. The molecule has 60 heavy (non-hydrogen) atoms. The molecule has 0 unspecified atom stereocenters. The van der Waals surface area contributed by atoms with Crippen molar-refractivity contribution in [2.45, 2.75) is 122 Å². The number of aliphatic hydroxyl groups is 3. The van der Waals surface area contributed by atoms with Crippen LogP contribution in [-0.4, -0.2) is 105 Å². The number of fused-ring (bicyclic) bond motifs is 5. The third kappa shape index (κ3) is 7.24. The number of allylic oxidation sites excluding steroid dienone is 1. The Labute approximate surface area is 347 Å². The summed E-state index contributed by atoms with van der Waals surface area (Å²) >= 11 is 0. The van der Waals surface area contributed by atoms with E-state index in [-0.39, 0.29) is 40.9 Å². The second-order valence-electron chi connectivity index (χ2n) is 16.8. The summed E-state index contributed by atoms with van der Waals surface area (Å²) in [5.41, 5.74) is -7.22. The fourth-order valence-corrected chi connectivity index (χ4v) is 9.63. The molecule has 2 aromatic carbocycles. The number of aliphatic hydroxyl groups excluding tert-OH is 2. The Balaban J connectivity index is 1.56. The molecule has 0 aromatic heterocycles. The maximum atomic E-state index is 15.4. The number of benzene rings is 2. The number of esters is 5. The molecule has 6 rings (SSSR count). The van der Waals surface area contributed by atoms with Crippen molar-refractivity contribution in [2.75, 3.05) is 6.61 Å². The van der Waals surface area contributed by atoms with E-state index in [0.29, 0.717) is 0 Å². The Hall–Kier alpha value is -5.22. The minimum atomic E-state index is -2.40. The molecular formula is C45H52O15. The topological polar surface area (TPSA) is 218 Å². The quantitative estimate of drug-likeness (QED) is 0.134. The smallest absolute Gasteiger partial charge is 0.339 e. The second-order valence-corrected chi connectivity index (χ2v) is 16.8. The zero-order valence-corrected chi connectivity index (χ0v) is 34.8. The normalized spacial score (nSPS) is 32.9. The summed E-state index contributed by atoms with van der Waals surface area (Å²) in [6.45, 7) is 11.0. The highest BCUT2D eigenvalue weighted by atomic mass is 16.6. The molecule has 1 heterocycles. The first-order chi connectivity index (χ1) is 28.1. The van der Waals surface area contributed by atoms with Crippen LogP contribution in [0.4, 0.5) is 0 Å². The van der Waals surface area contributed by atoms with Crippen LogP contribution in [0, 0.1) is 16.7 Å². The van der Waals surface area contributed by atoms with Crippen molar-refractivity contribution in [1.29, 1.82) is 0 Å². The minimum Gasteiger partial charge on any atom is -0.456 e. The lowest BCUT2D eigenvalue weighted by Crippen LogP contribution is -2.82. The number of carbonyl (C=O) groups excluding carboxylic acids is 6. The summed E-state index contributed by atoms with van der Waals surface area (Å²) in [5.74, 6) is -7.14. The van der Waals surface area contributed by atoms with Gasteiger partial charge in [0.25, 0.3) is 0 Å². The van der Waals surface area contributed by atoms with Gasteiger partial charge in [-0.05, 0) is 56.5 Å². The number of carbonyl (C=O) groups is 6. The summed E-state index contributed by atoms with van der Waals surface area (Å²) in [6.07, 6.45) is -10.7. The lowest BCUT2D eigenvalue weighted by Gasteiger charge is -2.67. The van der Waals surface area contributed by atoms with Gasteiger partial charge in [0, 0.05) is 37.7 Å². The van der Waals surface area contributed by atoms with E-state index in [1.54, 1.807) is 69.3 Å². The Morgan fingerprint density at radius 1 is 0.900 bits per heavy atom. The molecule has 15 heteroatoms. The summed E-state index contributed by atoms with van der Waals surface area (Å²) < 4.78 is 35.7. The summed E-state index contributed by atoms with van der Waals surface area (Å²) in [5, 5.41) is 37.2. The Bertz CT molecular complexity index is 2110. The van der Waals surface area contributed by atoms with Crippen LogP contribution in [0.1, 0.15) is 90.3 Å². The Morgan fingerprint density at radius 3 is 2.07 bits per heavy atom. The molecule has 1 saturated heterocycles. The van der Waals surface area contributed by atoms with Crippen LogP contribution in [0.5, 0.6) is 0 Å². The number of Topliss-reactive ketones (excluding diaryl/α,β-unsaturated/α-hetero) is 1. The van der Waals surface area contributed by atoms with Gasteiger partial charge in [0.15, 0.2) is 29.7 Å². The van der Waals surface area contributed by atoms with E-state index in [0.717, 1.165) is 13.8 Å². The highest BCUT2D eigenvalue weighted by Crippen LogP contribution is 2.64. The monoisotopic (exact) mass is 832 g/mol. The standard InChI is InChI=1S/C45H52O15/c1-9-23(2)39(51)58-34(27-16-12-10-13-17-27)33(49)41(53)57-29-21-45(54)38(59-40(52)28-18-14-11-15-19-28)36-43(8,30(48)20-31-44(36,22-55-31)60-26(5)47)37(50)35(56-25(4)46)32(24(29)3)42(45,6)7/h9-19,29-31,33-36,38,48-49,54H,20-22H2,1-8H3/t29-,30+,31-,33-,34+,35-,36-,38-,43-,44-,45-/m1/s1. The van der Waals surface area contributed by atoms with Crippen LogP contribution in [0.3, 0.4) is 0 Å². The second kappa shape index (κ2) is 16.3. The number of hydrogen-bond acceptors (Lipinski definition) is 15. The van der Waals surface area contributed by atoms with Gasteiger partial charge in [-0.15, -0.1) is 0 Å². The molecule has 0 spiro atoms. The van der Waals surface area contributed by atoms with Gasteiger partial charge in [0.1, 0.15) is 23.9 Å². The van der Waals surface area contributed by atoms with Crippen molar-refractivity contribution < 1.29 is 72.5 Å². The van der Waals surface area contributed by atoms with Gasteiger partial charge in [0.05, 0.1) is 29.6 Å². The van der Waals surface area contributed by atoms with Gasteiger partial charge in [-0.3, -0.25) is 14.4 Å². The number of ketones is 1. The lowest BCUT2D eigenvalue weighted by atomic mass is 9.44. The number of rotatable bonds is 10. The van der Waals surface area contributed by atoms with E-state index >= 15 is 4.79 Å². The summed E-state index contributed by atoms with van der Waals surface area (Å²) in [7, 11) is 0. The third-order valence-electron chi connectivity index (χ3n) is 13.1. The molecule has 322 valence electrons. The average molecular weight is 833 g/mol. The first-order valence-electron chi connectivity index (χ1n) is 19.8. The summed E-state index contributed by atoms with van der Waals surface area (Å²) in [4.78, 5) is 82.7. The van der Waals surface area contributed by atoms with E-state index < -0.39 is 113 Å². The molecule has 0 amide bonds. The van der Waals surface area contributed by atoms with Gasteiger partial charge in [0.2, 0.25) is 0 Å². The highest BCUT2D eigenvalue weighted by Gasteiger charge is 2.78.